The number of nitrogens with two attached hydrogens (primary N) is 1. The van der Waals surface area contributed by atoms with Crippen LogP contribution in [0.3, 0.4) is 0 Å². The fraction of sp³-hybridized carbons (Fsp3) is 0.412. The van der Waals surface area contributed by atoms with E-state index >= 15 is 0 Å². The van der Waals surface area contributed by atoms with Crippen LogP contribution in [0.25, 0.3) is 0 Å². The highest BCUT2D eigenvalue weighted by molar-refractivity contribution is 5.70. The van der Waals surface area contributed by atoms with Crippen LogP contribution in [0.1, 0.15) is 36.2 Å². The lowest BCUT2D eigenvalue weighted by Gasteiger charge is -2.23. The summed E-state index contributed by atoms with van der Waals surface area (Å²) in [6.45, 7) is 5.75. The summed E-state index contributed by atoms with van der Waals surface area (Å²) in [6.07, 6.45) is 2.91. The quantitative estimate of drug-likeness (QED) is 0.937. The zero-order valence-electron chi connectivity index (χ0n) is 12.8. The summed E-state index contributed by atoms with van der Waals surface area (Å²) in [4.78, 5) is 2.27. The number of para-hydroxylation sites is 1. The van der Waals surface area contributed by atoms with E-state index in [1.807, 2.05) is 0 Å². The van der Waals surface area contributed by atoms with Crippen LogP contribution in [0, 0.1) is 0 Å². The molecule has 0 saturated heterocycles. The van der Waals surface area contributed by atoms with Crippen LogP contribution in [0.2, 0.25) is 0 Å². The molecule has 1 aromatic carbocycles. The first-order valence-electron chi connectivity index (χ1n) is 7.72. The Bertz CT molecular complexity index is 651. The Hall–Kier alpha value is -1.94. The second-order valence-corrected chi connectivity index (χ2v) is 5.37. The molecule has 0 radical (unpaired) electrons. The smallest absolute Gasteiger partial charge is 0.160 e. The monoisotopic (exact) mass is 282 g/mol. The van der Waals surface area contributed by atoms with Gasteiger partial charge in [0.15, 0.2) is 5.82 Å². The van der Waals surface area contributed by atoms with Crippen molar-refractivity contribution in [3.05, 3.63) is 46.6 Å². The molecule has 4 nitrogen and oxygen atoms in total. The standard InChI is InChI=1S/C17H22N4/c1-3-13-14(11-18)17(20-19-15(13)4-2)21-10-9-12-7-5-6-8-16(12)21/h5-8H,3-4,9-11,18H2,1-2H3. The Morgan fingerprint density at radius 1 is 1.10 bits per heavy atom. The van der Waals surface area contributed by atoms with Gasteiger partial charge in [-0.05, 0) is 36.5 Å². The van der Waals surface area contributed by atoms with E-state index in [4.69, 9.17) is 5.73 Å². The molecule has 21 heavy (non-hydrogen) atoms. The van der Waals surface area contributed by atoms with Crippen LogP contribution in [0.4, 0.5) is 11.5 Å². The van der Waals surface area contributed by atoms with E-state index in [1.54, 1.807) is 0 Å². The van der Waals surface area contributed by atoms with Crippen molar-refractivity contribution in [3.8, 4) is 0 Å². The van der Waals surface area contributed by atoms with Gasteiger partial charge in [-0.2, -0.15) is 5.10 Å². The maximum absolute atomic E-state index is 6.04. The van der Waals surface area contributed by atoms with Crippen molar-refractivity contribution in [2.75, 3.05) is 11.4 Å². The van der Waals surface area contributed by atoms with Crippen molar-refractivity contribution in [3.63, 3.8) is 0 Å². The van der Waals surface area contributed by atoms with Gasteiger partial charge in [0, 0.05) is 24.3 Å². The van der Waals surface area contributed by atoms with Crippen LogP contribution in [-0.4, -0.2) is 16.7 Å². The number of hydrogen-bond donors (Lipinski definition) is 1. The third-order valence-electron chi connectivity index (χ3n) is 4.28. The van der Waals surface area contributed by atoms with Crippen molar-refractivity contribution in [1.29, 1.82) is 0 Å². The van der Waals surface area contributed by atoms with E-state index in [1.165, 1.54) is 16.8 Å². The molecule has 0 unspecified atom stereocenters. The van der Waals surface area contributed by atoms with Crippen LogP contribution in [0.15, 0.2) is 24.3 Å². The number of aryl methyl sites for hydroxylation is 1. The predicted octanol–water partition coefficient (Wildman–Crippen LogP) is 2.75. The van der Waals surface area contributed by atoms with Gasteiger partial charge in [-0.15, -0.1) is 5.10 Å². The number of rotatable bonds is 4. The zero-order chi connectivity index (χ0) is 14.8. The molecule has 0 amide bonds. The summed E-state index contributed by atoms with van der Waals surface area (Å²) in [6, 6.07) is 8.51. The van der Waals surface area contributed by atoms with E-state index in [0.717, 1.165) is 42.9 Å². The Kier molecular flexibility index (Phi) is 3.88. The summed E-state index contributed by atoms with van der Waals surface area (Å²) in [7, 11) is 0. The van der Waals surface area contributed by atoms with E-state index in [2.05, 4.69) is 53.2 Å². The van der Waals surface area contributed by atoms with Gasteiger partial charge in [0.2, 0.25) is 0 Å². The van der Waals surface area contributed by atoms with Crippen molar-refractivity contribution in [2.45, 2.75) is 39.7 Å². The second-order valence-electron chi connectivity index (χ2n) is 5.37. The zero-order valence-corrected chi connectivity index (χ0v) is 12.8. The first kappa shape index (κ1) is 14.0. The van der Waals surface area contributed by atoms with Crippen LogP contribution >= 0.6 is 0 Å². The largest absolute Gasteiger partial charge is 0.326 e. The molecule has 0 saturated carbocycles. The van der Waals surface area contributed by atoms with E-state index in [0.29, 0.717) is 6.54 Å². The van der Waals surface area contributed by atoms with Crippen molar-refractivity contribution < 1.29 is 0 Å². The third kappa shape index (κ3) is 2.29. The van der Waals surface area contributed by atoms with Gasteiger partial charge in [0.1, 0.15) is 0 Å². The van der Waals surface area contributed by atoms with E-state index < -0.39 is 0 Å². The molecule has 4 heteroatoms. The summed E-state index contributed by atoms with van der Waals surface area (Å²) in [5.74, 6) is 0.941. The summed E-state index contributed by atoms with van der Waals surface area (Å²) in [5.41, 5.74) is 12.2. The van der Waals surface area contributed by atoms with Crippen LogP contribution in [0.5, 0.6) is 0 Å². The summed E-state index contributed by atoms with van der Waals surface area (Å²) in [5, 5.41) is 8.95. The molecule has 1 aliphatic heterocycles. The van der Waals surface area contributed by atoms with Gasteiger partial charge < -0.3 is 10.6 Å². The highest BCUT2D eigenvalue weighted by atomic mass is 15.3. The molecule has 2 aromatic rings. The molecule has 2 heterocycles. The Labute approximate surface area is 126 Å². The number of benzene rings is 1. The average molecular weight is 282 g/mol. The summed E-state index contributed by atoms with van der Waals surface area (Å²) < 4.78 is 0. The van der Waals surface area contributed by atoms with Crippen molar-refractivity contribution >= 4 is 11.5 Å². The minimum atomic E-state index is 0.514. The predicted molar refractivity (Wildman–Crippen MR) is 85.8 cm³/mol. The molecule has 3 rings (SSSR count). The molecular formula is C17H22N4. The third-order valence-corrected chi connectivity index (χ3v) is 4.28. The maximum Gasteiger partial charge on any atom is 0.160 e. The van der Waals surface area contributed by atoms with Crippen molar-refractivity contribution in [2.24, 2.45) is 5.73 Å². The Morgan fingerprint density at radius 3 is 2.62 bits per heavy atom. The highest BCUT2D eigenvalue weighted by Gasteiger charge is 2.25. The van der Waals surface area contributed by atoms with E-state index in [-0.39, 0.29) is 0 Å². The molecule has 0 bridgehead atoms. The number of hydrogen-bond acceptors (Lipinski definition) is 4. The highest BCUT2D eigenvalue weighted by Crippen LogP contribution is 2.35. The van der Waals surface area contributed by atoms with Gasteiger partial charge in [-0.25, -0.2) is 0 Å². The van der Waals surface area contributed by atoms with Crippen LogP contribution < -0.4 is 10.6 Å². The average Bonchev–Trinajstić information content (AvgIpc) is 2.97. The normalized spacial score (nSPS) is 13.6. The van der Waals surface area contributed by atoms with Crippen LogP contribution in [-0.2, 0) is 25.8 Å². The first-order valence-corrected chi connectivity index (χ1v) is 7.72. The first-order chi connectivity index (χ1) is 10.3. The minimum absolute atomic E-state index is 0.514. The van der Waals surface area contributed by atoms with Gasteiger partial charge in [0.25, 0.3) is 0 Å². The SMILES string of the molecule is CCc1nnc(N2CCc3ccccc32)c(CN)c1CC. The number of fused-ring (bicyclic) bond motifs is 1. The van der Waals surface area contributed by atoms with Gasteiger partial charge in [-0.3, -0.25) is 0 Å². The molecule has 1 aromatic heterocycles. The topological polar surface area (TPSA) is 55.0 Å². The maximum atomic E-state index is 6.04. The van der Waals surface area contributed by atoms with Gasteiger partial charge in [0.05, 0.1) is 5.69 Å². The minimum Gasteiger partial charge on any atom is -0.326 e. The fourth-order valence-electron chi connectivity index (χ4n) is 3.23. The van der Waals surface area contributed by atoms with E-state index in [9.17, 15) is 0 Å². The summed E-state index contributed by atoms with van der Waals surface area (Å²) >= 11 is 0. The number of anilines is 2. The Morgan fingerprint density at radius 2 is 1.90 bits per heavy atom. The number of nitrogens with zero attached hydrogens (tertiary/aromatic N) is 3. The molecule has 0 aliphatic carbocycles. The molecule has 0 atom stereocenters. The molecular weight excluding hydrogens is 260 g/mol. The molecule has 2 N–H and O–H groups in total. The number of aromatic nitrogens is 2. The lowest BCUT2D eigenvalue weighted by Crippen LogP contribution is -2.21. The fourth-order valence-corrected chi connectivity index (χ4v) is 3.23. The second kappa shape index (κ2) is 5.82. The molecule has 0 fully saturated rings. The lowest BCUT2D eigenvalue weighted by atomic mass is 10.0. The van der Waals surface area contributed by atoms with Gasteiger partial charge >= 0.3 is 0 Å². The lowest BCUT2D eigenvalue weighted by molar-refractivity contribution is 0.820. The van der Waals surface area contributed by atoms with Crippen molar-refractivity contribution in [1.82, 2.24) is 10.2 Å². The Balaban J connectivity index is 2.12. The molecule has 110 valence electrons. The van der Waals surface area contributed by atoms with Gasteiger partial charge in [-0.1, -0.05) is 32.0 Å². The molecule has 1 aliphatic rings. The molecule has 0 spiro atoms.